The third kappa shape index (κ3) is 4.00. The predicted octanol–water partition coefficient (Wildman–Crippen LogP) is -0.659. The maximum atomic E-state index is 11.2. The van der Waals surface area contributed by atoms with Gasteiger partial charge in [0.15, 0.2) is 11.8 Å². The number of carbonyl (C=O) groups is 2. The molecule has 0 aliphatic carbocycles. The topological polar surface area (TPSA) is 106 Å². The number of Topliss-reactive ketones (excluding diaryl/α,β-unsaturated/α-hetero) is 1. The number of carboxylic acids is 1. The number of carbonyl (C=O) groups excluding carboxylic acids is 1. The normalized spacial score (nSPS) is 15.5. The van der Waals surface area contributed by atoms with Crippen molar-refractivity contribution in [2.75, 3.05) is 0 Å². The van der Waals surface area contributed by atoms with Gasteiger partial charge in [0, 0.05) is 0 Å². The molecule has 2 atom stereocenters. The minimum absolute atomic E-state index is 0.250. The van der Waals surface area contributed by atoms with Gasteiger partial charge < -0.3 is 16.6 Å². The van der Waals surface area contributed by atoms with Crippen molar-refractivity contribution < 1.29 is 14.7 Å². The summed E-state index contributed by atoms with van der Waals surface area (Å²) >= 11 is 0. The highest BCUT2D eigenvalue weighted by molar-refractivity contribution is 6.04. The lowest BCUT2D eigenvalue weighted by Gasteiger charge is -2.14. The average molecular weight is 188 g/mol. The fourth-order valence-corrected chi connectivity index (χ4v) is 0.976. The molecular formula is C8H16N2O3. The molecule has 76 valence electrons. The highest BCUT2D eigenvalue weighted by atomic mass is 16.4. The van der Waals surface area contributed by atoms with Crippen molar-refractivity contribution in [1.82, 2.24) is 0 Å². The van der Waals surface area contributed by atoms with E-state index < -0.39 is 23.8 Å². The molecule has 0 bridgehead atoms. The summed E-state index contributed by atoms with van der Waals surface area (Å²) in [5.41, 5.74) is 10.6. The number of hydrogen-bond donors (Lipinski definition) is 3. The highest BCUT2D eigenvalue weighted by Gasteiger charge is 2.26. The van der Waals surface area contributed by atoms with Crippen LogP contribution < -0.4 is 11.5 Å². The number of aliphatic carboxylic acids is 1. The summed E-state index contributed by atoms with van der Waals surface area (Å²) in [5, 5.41) is 8.43. The van der Waals surface area contributed by atoms with E-state index in [1.165, 1.54) is 0 Å². The van der Waals surface area contributed by atoms with Gasteiger partial charge in [0.25, 0.3) is 0 Å². The van der Waals surface area contributed by atoms with Gasteiger partial charge in [-0.1, -0.05) is 13.8 Å². The summed E-state index contributed by atoms with van der Waals surface area (Å²) in [6, 6.07) is -2.26. The zero-order chi connectivity index (χ0) is 10.6. The molecule has 0 aromatic heterocycles. The SMILES string of the molecule is CC(C)CC(N)C(=O)C(N)C(=O)O. The lowest BCUT2D eigenvalue weighted by molar-refractivity contribution is -0.142. The van der Waals surface area contributed by atoms with E-state index in [0.29, 0.717) is 6.42 Å². The van der Waals surface area contributed by atoms with Gasteiger partial charge in [-0.25, -0.2) is 0 Å². The lowest BCUT2D eigenvalue weighted by Crippen LogP contribution is -2.48. The molecule has 0 amide bonds. The zero-order valence-corrected chi connectivity index (χ0v) is 7.86. The number of nitrogens with two attached hydrogens (primary N) is 2. The van der Waals surface area contributed by atoms with E-state index in [0.717, 1.165) is 0 Å². The van der Waals surface area contributed by atoms with E-state index in [4.69, 9.17) is 16.6 Å². The molecule has 0 saturated heterocycles. The Hall–Kier alpha value is -0.940. The molecule has 5 heteroatoms. The summed E-state index contributed by atoms with van der Waals surface area (Å²) < 4.78 is 0. The third-order valence-electron chi connectivity index (χ3n) is 1.66. The fraction of sp³-hybridized carbons (Fsp3) is 0.750. The molecule has 0 aliphatic heterocycles. The molecule has 0 heterocycles. The molecule has 5 N–H and O–H groups in total. The number of rotatable bonds is 5. The standard InChI is InChI=1S/C8H16N2O3/c1-4(2)3-5(9)7(11)6(10)8(12)13/h4-6H,3,9-10H2,1-2H3,(H,12,13). The number of carboxylic acid groups (broad SMARTS) is 1. The van der Waals surface area contributed by atoms with Crippen molar-refractivity contribution in [2.45, 2.75) is 32.4 Å². The van der Waals surface area contributed by atoms with Crippen LogP contribution in [0.15, 0.2) is 0 Å². The summed E-state index contributed by atoms with van der Waals surface area (Å²) in [7, 11) is 0. The molecule has 0 aromatic carbocycles. The van der Waals surface area contributed by atoms with Crippen molar-refractivity contribution in [2.24, 2.45) is 17.4 Å². The van der Waals surface area contributed by atoms with Crippen LogP contribution in [0.3, 0.4) is 0 Å². The Balaban J connectivity index is 4.17. The Bertz CT molecular complexity index is 204. The van der Waals surface area contributed by atoms with Gasteiger partial charge in [-0.05, 0) is 12.3 Å². The van der Waals surface area contributed by atoms with Crippen LogP contribution in [0, 0.1) is 5.92 Å². The molecule has 0 fully saturated rings. The maximum absolute atomic E-state index is 11.2. The van der Waals surface area contributed by atoms with Gasteiger partial charge in [-0.2, -0.15) is 0 Å². The van der Waals surface area contributed by atoms with Crippen molar-refractivity contribution >= 4 is 11.8 Å². The van der Waals surface area contributed by atoms with Gasteiger partial charge >= 0.3 is 5.97 Å². The summed E-state index contributed by atoms with van der Waals surface area (Å²) in [6.07, 6.45) is 0.458. The van der Waals surface area contributed by atoms with E-state index in [1.54, 1.807) is 0 Å². The van der Waals surface area contributed by atoms with Crippen LogP contribution in [-0.2, 0) is 9.59 Å². The van der Waals surface area contributed by atoms with Crippen LogP contribution in [0.4, 0.5) is 0 Å². The minimum atomic E-state index is -1.49. The summed E-state index contributed by atoms with van der Waals surface area (Å²) in [5.74, 6) is -1.69. The van der Waals surface area contributed by atoms with Gasteiger partial charge in [0.05, 0.1) is 6.04 Å². The molecule has 0 saturated carbocycles. The third-order valence-corrected chi connectivity index (χ3v) is 1.66. The highest BCUT2D eigenvalue weighted by Crippen LogP contribution is 2.04. The van der Waals surface area contributed by atoms with Crippen LogP contribution in [0.5, 0.6) is 0 Å². The van der Waals surface area contributed by atoms with E-state index in [2.05, 4.69) is 0 Å². The zero-order valence-electron chi connectivity index (χ0n) is 7.86. The van der Waals surface area contributed by atoms with Gasteiger partial charge in [0.1, 0.15) is 0 Å². The van der Waals surface area contributed by atoms with Gasteiger partial charge in [0.2, 0.25) is 0 Å². The van der Waals surface area contributed by atoms with Crippen molar-refractivity contribution in [1.29, 1.82) is 0 Å². The molecule has 0 rings (SSSR count). The van der Waals surface area contributed by atoms with Gasteiger partial charge in [-0.15, -0.1) is 0 Å². The van der Waals surface area contributed by atoms with E-state index in [9.17, 15) is 9.59 Å². The molecule has 0 aliphatic rings. The second kappa shape index (κ2) is 4.94. The summed E-state index contributed by atoms with van der Waals surface area (Å²) in [4.78, 5) is 21.5. The van der Waals surface area contributed by atoms with E-state index in [1.807, 2.05) is 13.8 Å². The largest absolute Gasteiger partial charge is 0.480 e. The van der Waals surface area contributed by atoms with Crippen LogP contribution in [0.2, 0.25) is 0 Å². The van der Waals surface area contributed by atoms with Crippen molar-refractivity contribution in [3.05, 3.63) is 0 Å². The molecule has 0 aromatic rings. The molecular weight excluding hydrogens is 172 g/mol. The second-order valence-electron chi connectivity index (χ2n) is 3.45. The molecule has 13 heavy (non-hydrogen) atoms. The Morgan fingerprint density at radius 1 is 1.31 bits per heavy atom. The Labute approximate surface area is 77.1 Å². The predicted molar refractivity (Wildman–Crippen MR) is 48.0 cm³/mol. The Morgan fingerprint density at radius 3 is 2.08 bits per heavy atom. The first-order chi connectivity index (χ1) is 5.86. The second-order valence-corrected chi connectivity index (χ2v) is 3.45. The van der Waals surface area contributed by atoms with Crippen LogP contribution in [0.1, 0.15) is 20.3 Å². The van der Waals surface area contributed by atoms with Crippen LogP contribution >= 0.6 is 0 Å². The first kappa shape index (κ1) is 12.1. The lowest BCUT2D eigenvalue weighted by atomic mass is 9.97. The molecule has 2 unspecified atom stereocenters. The van der Waals surface area contributed by atoms with Crippen molar-refractivity contribution in [3.63, 3.8) is 0 Å². The van der Waals surface area contributed by atoms with E-state index in [-0.39, 0.29) is 5.92 Å². The first-order valence-corrected chi connectivity index (χ1v) is 4.14. The first-order valence-electron chi connectivity index (χ1n) is 4.14. The van der Waals surface area contributed by atoms with Crippen molar-refractivity contribution in [3.8, 4) is 0 Å². The van der Waals surface area contributed by atoms with Crippen LogP contribution in [-0.4, -0.2) is 28.9 Å². The Kier molecular flexibility index (Phi) is 4.58. The summed E-state index contributed by atoms with van der Waals surface area (Å²) in [6.45, 7) is 3.80. The maximum Gasteiger partial charge on any atom is 0.328 e. The van der Waals surface area contributed by atoms with Gasteiger partial charge in [-0.3, -0.25) is 9.59 Å². The number of ketones is 1. The molecule has 5 nitrogen and oxygen atoms in total. The number of hydrogen-bond acceptors (Lipinski definition) is 4. The molecule has 0 spiro atoms. The minimum Gasteiger partial charge on any atom is -0.480 e. The Morgan fingerprint density at radius 2 is 1.77 bits per heavy atom. The fourth-order valence-electron chi connectivity index (χ4n) is 0.976. The van der Waals surface area contributed by atoms with Crippen LogP contribution in [0.25, 0.3) is 0 Å². The molecule has 0 radical (unpaired) electrons. The van der Waals surface area contributed by atoms with E-state index >= 15 is 0 Å². The average Bonchev–Trinajstić information content (AvgIpc) is 2.00. The quantitative estimate of drug-likeness (QED) is 0.496. The smallest absolute Gasteiger partial charge is 0.328 e. The monoisotopic (exact) mass is 188 g/mol.